The average molecular weight is 713 g/mol. The fraction of sp³-hybridized carbons (Fsp3) is 0.385. The van der Waals surface area contributed by atoms with Crippen LogP contribution in [0.4, 0.5) is 11.6 Å². The molecule has 0 amide bonds. The van der Waals surface area contributed by atoms with E-state index < -0.39 is 6.03 Å². The molecule has 0 aliphatic carbocycles. The van der Waals surface area contributed by atoms with Gasteiger partial charge >= 0.3 is 6.03 Å². The molecule has 3 aliphatic rings. The van der Waals surface area contributed by atoms with E-state index >= 15 is 0 Å². The first-order chi connectivity index (χ1) is 25.6. The third-order valence-corrected chi connectivity index (χ3v) is 10.7. The number of hydrogen-bond donors (Lipinski definition) is 2. The predicted molar refractivity (Wildman–Crippen MR) is 203 cm³/mol. The van der Waals surface area contributed by atoms with Gasteiger partial charge in [-0.25, -0.2) is 29.9 Å². The van der Waals surface area contributed by atoms with Crippen molar-refractivity contribution in [2.45, 2.75) is 65.0 Å². The van der Waals surface area contributed by atoms with E-state index in [-0.39, 0.29) is 5.54 Å². The molecule has 14 nitrogen and oxygen atoms in total. The molecule has 1 fully saturated rings. The topological polar surface area (TPSA) is 140 Å². The van der Waals surface area contributed by atoms with Crippen molar-refractivity contribution in [3.05, 3.63) is 83.0 Å². The van der Waals surface area contributed by atoms with E-state index in [1.54, 1.807) is 25.3 Å². The smallest absolute Gasteiger partial charge is 0.358 e. The van der Waals surface area contributed by atoms with Gasteiger partial charge in [0.2, 0.25) is 12.1 Å². The number of H-pyrrole nitrogens is 2. The second-order valence-corrected chi connectivity index (χ2v) is 15.1. The van der Waals surface area contributed by atoms with Crippen molar-refractivity contribution < 1.29 is 18.6 Å². The van der Waals surface area contributed by atoms with E-state index in [9.17, 15) is 0 Å². The summed E-state index contributed by atoms with van der Waals surface area (Å²) in [5, 5.41) is 0. The van der Waals surface area contributed by atoms with E-state index in [4.69, 9.17) is 9.47 Å². The minimum Gasteiger partial charge on any atom is -0.358 e. The monoisotopic (exact) mass is 712 g/mol. The molecular formula is C39H44N12O2+2. The number of hydrogen-bond acceptors (Lipinski definition) is 10. The fourth-order valence-electron chi connectivity index (χ4n) is 8.16. The lowest BCUT2D eigenvalue weighted by molar-refractivity contribution is -0.867. The number of fused-ring (bicyclic) bond motifs is 4. The number of aromatic nitrogens is 8. The number of nitrogens with zero attached hydrogens (tertiary/aromatic N) is 10. The van der Waals surface area contributed by atoms with Gasteiger partial charge in [-0.05, 0) is 73.9 Å². The number of imidazole rings is 2. The Bertz CT molecular complexity index is 2460. The van der Waals surface area contributed by atoms with E-state index in [1.807, 2.05) is 0 Å². The molecule has 14 heteroatoms. The molecule has 7 heterocycles. The number of nitrogens with one attached hydrogen (secondary N) is 2. The number of benzene rings is 2. The largest absolute Gasteiger partial charge is 0.704 e. The predicted octanol–water partition coefficient (Wildman–Crippen LogP) is 4.53. The van der Waals surface area contributed by atoms with Crippen LogP contribution >= 0.6 is 0 Å². The molecule has 9 rings (SSSR count). The Labute approximate surface area is 307 Å². The van der Waals surface area contributed by atoms with Crippen molar-refractivity contribution in [3.63, 3.8) is 0 Å². The Morgan fingerprint density at radius 1 is 0.698 bits per heavy atom. The molecule has 1 saturated heterocycles. The molecule has 6 aromatic rings. The van der Waals surface area contributed by atoms with Crippen LogP contribution in [0.3, 0.4) is 0 Å². The van der Waals surface area contributed by atoms with Crippen molar-refractivity contribution in [3.8, 4) is 11.5 Å². The summed E-state index contributed by atoms with van der Waals surface area (Å²) >= 11 is 0. The van der Waals surface area contributed by atoms with Crippen LogP contribution in [-0.4, -0.2) is 107 Å². The SMILES string of the molecule is Cc1cc(CCCN(C)c2ncnc3nc[nH]c23)cc2c1OC13Oc4c(C)cc(CCCN(C)c5ncnc6nc[nH]c56)cc4C=[N+]1C(C)(C)C[N+]3=C2. The number of rotatable bonds is 10. The Morgan fingerprint density at radius 2 is 1.21 bits per heavy atom. The number of aromatic amines is 2. The summed E-state index contributed by atoms with van der Waals surface area (Å²) in [4.78, 5) is 36.7. The summed E-state index contributed by atoms with van der Waals surface area (Å²) in [5.74, 6) is 3.44. The van der Waals surface area contributed by atoms with Crippen LogP contribution in [0, 0.1) is 13.8 Å². The highest BCUT2D eigenvalue weighted by Crippen LogP contribution is 2.44. The maximum absolute atomic E-state index is 7.02. The lowest BCUT2D eigenvalue weighted by Crippen LogP contribution is -2.61. The lowest BCUT2D eigenvalue weighted by Gasteiger charge is -2.30. The van der Waals surface area contributed by atoms with Crippen molar-refractivity contribution in [1.82, 2.24) is 39.9 Å². The third kappa shape index (κ3) is 5.54. The molecule has 1 atom stereocenters. The molecule has 0 radical (unpaired) electrons. The first kappa shape index (κ1) is 33.0. The Kier molecular flexibility index (Phi) is 7.68. The molecule has 0 saturated carbocycles. The Balaban J connectivity index is 0.921. The van der Waals surface area contributed by atoms with Gasteiger partial charge in [0.1, 0.15) is 23.7 Å². The summed E-state index contributed by atoms with van der Waals surface area (Å²) in [6.45, 7) is 11.2. The fourth-order valence-corrected chi connectivity index (χ4v) is 8.16. The Hall–Kier alpha value is -5.92. The molecule has 270 valence electrons. The Morgan fingerprint density at radius 3 is 1.74 bits per heavy atom. The van der Waals surface area contributed by atoms with Crippen LogP contribution in [0.5, 0.6) is 11.5 Å². The zero-order chi connectivity index (χ0) is 36.5. The molecule has 3 aliphatic heterocycles. The molecule has 1 unspecified atom stereocenters. The van der Waals surface area contributed by atoms with Crippen molar-refractivity contribution in [2.24, 2.45) is 0 Å². The van der Waals surface area contributed by atoms with Gasteiger partial charge in [-0.15, -0.1) is 0 Å². The molecule has 53 heavy (non-hydrogen) atoms. The highest BCUT2D eigenvalue weighted by Gasteiger charge is 2.75. The molecule has 2 aromatic carbocycles. The van der Waals surface area contributed by atoms with Gasteiger partial charge < -0.3 is 29.2 Å². The van der Waals surface area contributed by atoms with Crippen molar-refractivity contribution >= 4 is 46.4 Å². The van der Waals surface area contributed by atoms with Crippen LogP contribution in [0.15, 0.2) is 49.6 Å². The standard InChI is InChI=1S/C39H44N12O2/c1-24-13-26(9-7-11-48(5)36-30-34(42-20-40-30)44-22-46-36)15-28-17-50-19-38(3,4)51-18-29-16-27(14-25(2)33(29)53-39(50,51)52-32(24)28)10-8-12-49(6)37-31-35(43-21-41-31)45-23-47-37/h13-18,20-23H,7-12,19H2,1-6H3,(H,40,42,44,46)(H,41,43,45,47)/q+2. The summed E-state index contributed by atoms with van der Waals surface area (Å²) < 4.78 is 18.5. The maximum Gasteiger partial charge on any atom is 0.704 e. The second-order valence-electron chi connectivity index (χ2n) is 15.1. The summed E-state index contributed by atoms with van der Waals surface area (Å²) in [6, 6.07) is 7.93. The van der Waals surface area contributed by atoms with Crippen molar-refractivity contribution in [1.29, 1.82) is 0 Å². The van der Waals surface area contributed by atoms with Gasteiger partial charge in [-0.2, -0.15) is 0 Å². The summed E-state index contributed by atoms with van der Waals surface area (Å²) in [5.41, 5.74) is 9.72. The summed E-state index contributed by atoms with van der Waals surface area (Å²) in [7, 11) is 4.12. The zero-order valence-corrected chi connectivity index (χ0v) is 31.0. The van der Waals surface area contributed by atoms with Gasteiger partial charge in [0, 0.05) is 41.0 Å². The number of ether oxygens (including phenoxy) is 2. The van der Waals surface area contributed by atoms with Crippen LogP contribution < -0.4 is 19.3 Å². The van der Waals surface area contributed by atoms with Gasteiger partial charge in [-0.1, -0.05) is 21.3 Å². The van der Waals surface area contributed by atoms with Gasteiger partial charge in [0.05, 0.1) is 23.8 Å². The molecular weight excluding hydrogens is 669 g/mol. The highest BCUT2D eigenvalue weighted by molar-refractivity contribution is 5.85. The average Bonchev–Trinajstić information content (AvgIpc) is 3.87. The third-order valence-electron chi connectivity index (χ3n) is 10.7. The van der Waals surface area contributed by atoms with Crippen LogP contribution in [0.25, 0.3) is 22.3 Å². The van der Waals surface area contributed by atoms with Crippen LogP contribution in [0.1, 0.15) is 60.1 Å². The molecule has 2 N–H and O–H groups in total. The minimum absolute atomic E-state index is 0.249. The highest BCUT2D eigenvalue weighted by atomic mass is 16.7. The number of aryl methyl sites for hydroxylation is 4. The van der Waals surface area contributed by atoms with Gasteiger partial charge in [0.15, 0.2) is 46.9 Å². The second kappa shape index (κ2) is 12.3. The lowest BCUT2D eigenvalue weighted by atomic mass is 10.00. The zero-order valence-electron chi connectivity index (χ0n) is 31.0. The molecule has 0 bridgehead atoms. The normalized spacial score (nSPS) is 18.0. The van der Waals surface area contributed by atoms with E-state index in [2.05, 4.69) is 137 Å². The van der Waals surface area contributed by atoms with Crippen LogP contribution in [-0.2, 0) is 12.8 Å². The van der Waals surface area contributed by atoms with Gasteiger partial charge in [0.25, 0.3) is 0 Å². The van der Waals surface area contributed by atoms with Crippen LogP contribution in [0.2, 0.25) is 0 Å². The number of anilines is 2. The van der Waals surface area contributed by atoms with Crippen molar-refractivity contribution in [2.75, 3.05) is 43.5 Å². The maximum atomic E-state index is 7.02. The first-order valence-corrected chi connectivity index (χ1v) is 18.2. The van der Waals surface area contributed by atoms with E-state index in [0.29, 0.717) is 11.3 Å². The van der Waals surface area contributed by atoms with E-state index in [0.717, 1.165) is 102 Å². The van der Waals surface area contributed by atoms with Gasteiger partial charge in [-0.3, -0.25) is 0 Å². The molecule has 4 aromatic heterocycles. The first-order valence-electron chi connectivity index (χ1n) is 18.2. The minimum atomic E-state index is -1.10. The summed E-state index contributed by atoms with van der Waals surface area (Å²) in [6.07, 6.45) is 14.7. The quantitative estimate of drug-likeness (QED) is 0.195. The molecule has 1 spiro atoms. The van der Waals surface area contributed by atoms with E-state index in [1.165, 1.54) is 11.1 Å².